The fourth-order valence-corrected chi connectivity index (χ4v) is 5.99. The Morgan fingerprint density at radius 2 is 1.64 bits per heavy atom. The molecule has 2 aliphatic heterocycles. The monoisotopic (exact) mass is 514 g/mol. The lowest BCUT2D eigenvalue weighted by Gasteiger charge is -2.31. The Bertz CT molecular complexity index is 1260. The van der Waals surface area contributed by atoms with Crippen LogP contribution in [-0.4, -0.2) is 29.3 Å². The predicted molar refractivity (Wildman–Crippen MR) is 136 cm³/mol. The number of para-hydroxylation sites is 2. The lowest BCUT2D eigenvalue weighted by Crippen LogP contribution is -2.36. The molecule has 0 atom stereocenters. The third-order valence-electron chi connectivity index (χ3n) is 5.03. The maximum absolute atomic E-state index is 12.9. The number of nitrogens with zero attached hydrogens (tertiary/aromatic N) is 3. The predicted octanol–water partition coefficient (Wildman–Crippen LogP) is 5.76. The Morgan fingerprint density at radius 1 is 0.970 bits per heavy atom. The van der Waals surface area contributed by atoms with E-state index in [1.807, 2.05) is 53.4 Å². The highest BCUT2D eigenvalue weighted by Crippen LogP contribution is 2.47. The van der Waals surface area contributed by atoms with Crippen molar-refractivity contribution in [2.75, 3.05) is 22.1 Å². The molecule has 0 bridgehead atoms. The van der Waals surface area contributed by atoms with Gasteiger partial charge in [-0.05, 0) is 42.5 Å². The molecule has 1 saturated heterocycles. The van der Waals surface area contributed by atoms with Crippen molar-refractivity contribution < 1.29 is 9.59 Å². The van der Waals surface area contributed by atoms with Crippen LogP contribution in [0.2, 0.25) is 10.0 Å². The van der Waals surface area contributed by atoms with Crippen LogP contribution in [-0.2, 0) is 9.59 Å². The zero-order valence-electron chi connectivity index (χ0n) is 17.0. The number of hydrazone groups is 1. The molecule has 3 aromatic carbocycles. The average Bonchev–Trinajstić information content (AvgIpc) is 3.17. The number of hydrogen-bond donors (Lipinski definition) is 1. The molecule has 3 aromatic rings. The number of amides is 2. The van der Waals surface area contributed by atoms with Crippen molar-refractivity contribution in [2.24, 2.45) is 5.10 Å². The molecule has 10 heteroatoms. The Balaban J connectivity index is 1.37. The maximum atomic E-state index is 12.9. The molecule has 2 aliphatic rings. The average molecular weight is 515 g/mol. The molecule has 33 heavy (non-hydrogen) atoms. The fourth-order valence-electron chi connectivity index (χ4n) is 3.58. The number of rotatable bonds is 4. The van der Waals surface area contributed by atoms with Gasteiger partial charge in [0.2, 0.25) is 5.91 Å². The number of fused-ring (bicyclic) bond motifs is 2. The zero-order chi connectivity index (χ0) is 22.9. The minimum atomic E-state index is -0.305. The van der Waals surface area contributed by atoms with Gasteiger partial charge in [-0.15, -0.1) is 5.10 Å². The number of carbonyl (C=O) groups excluding carboxylic acids is 2. The first kappa shape index (κ1) is 22.2. The van der Waals surface area contributed by atoms with Gasteiger partial charge in [0.15, 0.2) is 5.17 Å². The largest absolute Gasteiger partial charge is 0.330 e. The van der Waals surface area contributed by atoms with Crippen LogP contribution >= 0.6 is 46.7 Å². The number of thioether (sulfide) groups is 1. The van der Waals surface area contributed by atoms with Crippen LogP contribution in [0.3, 0.4) is 0 Å². The van der Waals surface area contributed by atoms with Crippen molar-refractivity contribution in [2.45, 2.75) is 9.79 Å². The summed E-state index contributed by atoms with van der Waals surface area (Å²) in [7, 11) is 0. The van der Waals surface area contributed by atoms with Crippen LogP contribution in [0.4, 0.5) is 17.1 Å². The van der Waals surface area contributed by atoms with E-state index in [9.17, 15) is 9.59 Å². The topological polar surface area (TPSA) is 65.0 Å². The van der Waals surface area contributed by atoms with Gasteiger partial charge in [-0.1, -0.05) is 71.0 Å². The van der Waals surface area contributed by atoms with E-state index in [4.69, 9.17) is 23.2 Å². The van der Waals surface area contributed by atoms with E-state index in [1.165, 1.54) is 16.7 Å². The minimum absolute atomic E-state index is 0.0751. The summed E-state index contributed by atoms with van der Waals surface area (Å²) in [5, 5.41) is 5.39. The molecule has 166 valence electrons. The molecule has 0 saturated carbocycles. The molecule has 1 N–H and O–H groups in total. The normalized spacial score (nSPS) is 16.1. The van der Waals surface area contributed by atoms with Crippen LogP contribution in [0, 0.1) is 0 Å². The Labute approximate surface area is 208 Å². The molecular formula is C23H16Cl2N4O2S2. The van der Waals surface area contributed by atoms with E-state index in [-0.39, 0.29) is 24.1 Å². The van der Waals surface area contributed by atoms with Crippen molar-refractivity contribution in [3.63, 3.8) is 0 Å². The van der Waals surface area contributed by atoms with Gasteiger partial charge >= 0.3 is 0 Å². The summed E-state index contributed by atoms with van der Waals surface area (Å²) in [6, 6.07) is 20.8. The number of nitrogens with one attached hydrogen (secondary N) is 1. The summed E-state index contributed by atoms with van der Waals surface area (Å²) in [6.07, 6.45) is 0. The highest BCUT2D eigenvalue weighted by atomic mass is 35.5. The third kappa shape index (κ3) is 4.44. The summed E-state index contributed by atoms with van der Waals surface area (Å²) in [4.78, 5) is 30.9. The fraction of sp³-hybridized carbons (Fsp3) is 0.0870. The Hall–Kier alpha value is -2.65. The van der Waals surface area contributed by atoms with Crippen LogP contribution < -0.4 is 15.2 Å². The van der Waals surface area contributed by atoms with E-state index in [2.05, 4.69) is 10.5 Å². The molecule has 6 nitrogen and oxygen atoms in total. The number of hydrogen-bond acceptors (Lipinski definition) is 6. The van der Waals surface area contributed by atoms with Crippen molar-refractivity contribution in [3.05, 3.63) is 76.8 Å². The molecular weight excluding hydrogens is 499 g/mol. The summed E-state index contributed by atoms with van der Waals surface area (Å²) in [5.41, 5.74) is 5.00. The molecule has 0 unspecified atom stereocenters. The zero-order valence-corrected chi connectivity index (χ0v) is 20.1. The van der Waals surface area contributed by atoms with Crippen molar-refractivity contribution >= 4 is 80.8 Å². The summed E-state index contributed by atoms with van der Waals surface area (Å²) >= 11 is 15.2. The van der Waals surface area contributed by atoms with Crippen molar-refractivity contribution in [1.82, 2.24) is 5.43 Å². The molecule has 0 radical (unpaired) electrons. The molecule has 0 aliphatic carbocycles. The quantitative estimate of drug-likeness (QED) is 0.448. The highest BCUT2D eigenvalue weighted by molar-refractivity contribution is 8.15. The molecule has 0 spiro atoms. The summed E-state index contributed by atoms with van der Waals surface area (Å²) in [6.45, 7) is 0.0751. The second-order valence-corrected chi connectivity index (χ2v) is 10.0. The standard InChI is InChI=1S/C23H16Cl2N4O2S2/c24-14-9-10-16(15(25)11-14)29-22(31)13-32-23(29)27-26-21(30)12-28-17-5-1-3-7-19(17)33-20-8-4-2-6-18(20)28/h1-11H,12-13H2,(H,26,30)/b27-23-. The second-order valence-electron chi connectivity index (χ2n) is 7.17. The lowest BCUT2D eigenvalue weighted by atomic mass is 10.2. The van der Waals surface area contributed by atoms with E-state index < -0.39 is 0 Å². The Kier molecular flexibility index (Phi) is 6.25. The highest BCUT2D eigenvalue weighted by Gasteiger charge is 2.32. The van der Waals surface area contributed by atoms with Crippen LogP contribution in [0.5, 0.6) is 0 Å². The molecule has 2 heterocycles. The third-order valence-corrected chi connectivity index (χ3v) is 7.62. The van der Waals surface area contributed by atoms with Crippen LogP contribution in [0.1, 0.15) is 0 Å². The van der Waals surface area contributed by atoms with Gasteiger partial charge in [0.1, 0.15) is 6.54 Å². The van der Waals surface area contributed by atoms with Crippen LogP contribution in [0.25, 0.3) is 0 Å². The van der Waals surface area contributed by atoms with E-state index >= 15 is 0 Å². The molecule has 1 fully saturated rings. The number of halogens is 2. The number of anilines is 3. The first-order valence-corrected chi connectivity index (χ1v) is 12.5. The maximum Gasteiger partial charge on any atom is 0.260 e. The van der Waals surface area contributed by atoms with Gasteiger partial charge < -0.3 is 4.90 Å². The van der Waals surface area contributed by atoms with Gasteiger partial charge in [0.05, 0.1) is 27.8 Å². The van der Waals surface area contributed by atoms with Gasteiger partial charge in [0.25, 0.3) is 5.91 Å². The number of amidine groups is 1. The summed E-state index contributed by atoms with van der Waals surface area (Å²) < 4.78 is 0. The van der Waals surface area contributed by atoms with Gasteiger partial charge in [-0.2, -0.15) is 0 Å². The molecule has 2 amide bonds. The van der Waals surface area contributed by atoms with Gasteiger partial charge in [-0.25, -0.2) is 5.43 Å². The minimum Gasteiger partial charge on any atom is -0.330 e. The van der Waals surface area contributed by atoms with E-state index in [0.717, 1.165) is 21.2 Å². The SMILES string of the molecule is O=C(CN1c2ccccc2Sc2ccccc21)N/N=C1\SCC(=O)N1c1ccc(Cl)cc1Cl. The smallest absolute Gasteiger partial charge is 0.260 e. The first-order valence-electron chi connectivity index (χ1n) is 9.92. The number of carbonyl (C=O) groups is 2. The van der Waals surface area contributed by atoms with Crippen LogP contribution in [0.15, 0.2) is 81.6 Å². The van der Waals surface area contributed by atoms with E-state index in [0.29, 0.717) is 20.9 Å². The lowest BCUT2D eigenvalue weighted by molar-refractivity contribution is -0.119. The van der Waals surface area contributed by atoms with Crippen molar-refractivity contribution in [3.8, 4) is 0 Å². The number of benzene rings is 3. The molecule has 5 rings (SSSR count). The van der Waals surface area contributed by atoms with E-state index in [1.54, 1.807) is 30.0 Å². The van der Waals surface area contributed by atoms with Gasteiger partial charge in [-0.3, -0.25) is 14.5 Å². The second kappa shape index (κ2) is 9.30. The van der Waals surface area contributed by atoms with Crippen molar-refractivity contribution in [1.29, 1.82) is 0 Å². The van der Waals surface area contributed by atoms with Gasteiger partial charge in [0, 0.05) is 14.8 Å². The summed E-state index contributed by atoms with van der Waals surface area (Å²) in [5.74, 6) is -0.271. The Morgan fingerprint density at radius 3 is 2.30 bits per heavy atom. The molecule has 0 aromatic heterocycles. The first-order chi connectivity index (χ1) is 16.0.